The van der Waals surface area contributed by atoms with Gasteiger partial charge in [-0.1, -0.05) is 11.3 Å². The van der Waals surface area contributed by atoms with Gasteiger partial charge >= 0.3 is 6.18 Å². The number of nitrogens with zero attached hydrogens (tertiary/aromatic N) is 2. The molecule has 0 aromatic carbocycles. The monoisotopic (exact) mass is 278 g/mol. The Morgan fingerprint density at radius 2 is 2.06 bits per heavy atom. The molecule has 0 saturated carbocycles. The standard InChI is InChI=1S/C11H13F3N2OS/c1-7(17)9-6-15-10(18-9)16-4-2-8(3-5-16)11(12,13)14/h6,8H,2-5H2,1H3. The van der Waals surface area contributed by atoms with Crippen LogP contribution < -0.4 is 4.90 Å². The number of carbonyl (C=O) groups excluding carboxylic acids is 1. The lowest BCUT2D eigenvalue weighted by atomic mass is 9.97. The van der Waals surface area contributed by atoms with E-state index in [1.807, 2.05) is 4.90 Å². The van der Waals surface area contributed by atoms with Crippen molar-refractivity contribution < 1.29 is 18.0 Å². The summed E-state index contributed by atoms with van der Waals surface area (Å²) in [6.07, 6.45) is -2.42. The van der Waals surface area contributed by atoms with E-state index < -0.39 is 12.1 Å². The van der Waals surface area contributed by atoms with Gasteiger partial charge in [0.1, 0.15) is 0 Å². The van der Waals surface area contributed by atoms with Crippen molar-refractivity contribution in [3.05, 3.63) is 11.1 Å². The van der Waals surface area contributed by atoms with Crippen molar-refractivity contribution in [2.24, 2.45) is 5.92 Å². The Hall–Kier alpha value is -1.11. The van der Waals surface area contributed by atoms with Crippen LogP contribution in [-0.2, 0) is 0 Å². The molecule has 1 aromatic rings. The highest BCUT2D eigenvalue weighted by Gasteiger charge is 2.41. The quantitative estimate of drug-likeness (QED) is 0.779. The second-order valence-corrected chi connectivity index (χ2v) is 5.38. The zero-order valence-electron chi connectivity index (χ0n) is 9.83. The fraction of sp³-hybridized carbons (Fsp3) is 0.636. The number of ketones is 1. The van der Waals surface area contributed by atoms with Gasteiger partial charge in [-0.3, -0.25) is 4.79 Å². The summed E-state index contributed by atoms with van der Waals surface area (Å²) >= 11 is 1.24. The second-order valence-electron chi connectivity index (χ2n) is 4.37. The minimum absolute atomic E-state index is 0.0658. The van der Waals surface area contributed by atoms with Gasteiger partial charge in [-0.15, -0.1) is 0 Å². The van der Waals surface area contributed by atoms with Crippen molar-refractivity contribution in [3.8, 4) is 0 Å². The molecule has 0 amide bonds. The van der Waals surface area contributed by atoms with Gasteiger partial charge in [0.15, 0.2) is 10.9 Å². The van der Waals surface area contributed by atoms with Crippen LogP contribution in [0.5, 0.6) is 0 Å². The van der Waals surface area contributed by atoms with Gasteiger partial charge in [-0.25, -0.2) is 4.98 Å². The van der Waals surface area contributed by atoms with Gasteiger partial charge < -0.3 is 4.90 Å². The van der Waals surface area contributed by atoms with E-state index in [0.717, 1.165) is 0 Å². The normalized spacial score (nSPS) is 18.1. The predicted octanol–water partition coefficient (Wildman–Crippen LogP) is 3.12. The highest BCUT2D eigenvalue weighted by molar-refractivity contribution is 7.17. The SMILES string of the molecule is CC(=O)c1cnc(N2CCC(C(F)(F)F)CC2)s1. The van der Waals surface area contributed by atoms with E-state index in [0.29, 0.717) is 23.1 Å². The van der Waals surface area contributed by atoms with E-state index in [2.05, 4.69) is 4.98 Å². The summed E-state index contributed by atoms with van der Waals surface area (Å²) < 4.78 is 37.5. The summed E-state index contributed by atoms with van der Waals surface area (Å²) in [7, 11) is 0. The number of rotatable bonds is 2. The van der Waals surface area contributed by atoms with Crippen molar-refractivity contribution in [2.75, 3.05) is 18.0 Å². The molecular weight excluding hydrogens is 265 g/mol. The van der Waals surface area contributed by atoms with Crippen molar-refractivity contribution in [1.82, 2.24) is 4.98 Å². The Kier molecular flexibility index (Phi) is 3.61. The van der Waals surface area contributed by atoms with Crippen LogP contribution in [0.25, 0.3) is 0 Å². The molecule has 0 unspecified atom stereocenters. The van der Waals surface area contributed by atoms with Gasteiger partial charge in [0.25, 0.3) is 0 Å². The molecule has 1 fully saturated rings. The van der Waals surface area contributed by atoms with Gasteiger partial charge in [0.05, 0.1) is 17.0 Å². The molecule has 0 spiro atoms. The van der Waals surface area contributed by atoms with Crippen molar-refractivity contribution in [2.45, 2.75) is 25.9 Å². The van der Waals surface area contributed by atoms with E-state index in [1.54, 1.807) is 0 Å². The van der Waals surface area contributed by atoms with Gasteiger partial charge in [-0.2, -0.15) is 13.2 Å². The third-order valence-corrected chi connectivity index (χ3v) is 4.23. The largest absolute Gasteiger partial charge is 0.391 e. The molecule has 0 bridgehead atoms. The maximum absolute atomic E-state index is 12.5. The third-order valence-electron chi connectivity index (χ3n) is 3.07. The summed E-state index contributed by atoms with van der Waals surface area (Å²) in [4.78, 5) is 17.6. The number of carbonyl (C=O) groups is 1. The molecule has 1 aliphatic rings. The van der Waals surface area contributed by atoms with Crippen LogP contribution in [0.3, 0.4) is 0 Å². The number of hydrogen-bond acceptors (Lipinski definition) is 4. The Morgan fingerprint density at radius 3 is 2.50 bits per heavy atom. The lowest BCUT2D eigenvalue weighted by Gasteiger charge is -2.32. The molecule has 0 atom stereocenters. The molecule has 1 aromatic heterocycles. The first-order valence-electron chi connectivity index (χ1n) is 5.66. The molecule has 18 heavy (non-hydrogen) atoms. The topological polar surface area (TPSA) is 33.2 Å². The van der Waals surface area contributed by atoms with E-state index in [-0.39, 0.29) is 18.6 Å². The minimum Gasteiger partial charge on any atom is -0.348 e. The number of hydrogen-bond donors (Lipinski definition) is 0. The number of halogens is 3. The molecule has 0 radical (unpaired) electrons. The Bertz CT molecular complexity index is 436. The van der Waals surface area contributed by atoms with E-state index in [9.17, 15) is 18.0 Å². The van der Waals surface area contributed by atoms with Gasteiger partial charge in [0, 0.05) is 20.0 Å². The van der Waals surface area contributed by atoms with Gasteiger partial charge in [0.2, 0.25) is 0 Å². The number of piperidine rings is 1. The average molecular weight is 278 g/mol. The maximum atomic E-state index is 12.5. The van der Waals surface area contributed by atoms with Crippen LogP contribution in [0.15, 0.2) is 6.20 Å². The lowest BCUT2D eigenvalue weighted by molar-refractivity contribution is -0.179. The van der Waals surface area contributed by atoms with Crippen LogP contribution >= 0.6 is 11.3 Å². The Labute approximate surface area is 107 Å². The molecule has 0 N–H and O–H groups in total. The fourth-order valence-electron chi connectivity index (χ4n) is 1.97. The van der Waals surface area contributed by atoms with Gasteiger partial charge in [-0.05, 0) is 12.8 Å². The summed E-state index contributed by atoms with van der Waals surface area (Å²) in [5.74, 6) is -1.27. The molecule has 1 aliphatic heterocycles. The number of aromatic nitrogens is 1. The number of alkyl halides is 3. The third kappa shape index (κ3) is 2.82. The van der Waals surface area contributed by atoms with Crippen molar-refractivity contribution in [1.29, 1.82) is 0 Å². The Morgan fingerprint density at radius 1 is 1.44 bits per heavy atom. The average Bonchev–Trinajstić information content (AvgIpc) is 2.77. The molecule has 7 heteroatoms. The smallest absolute Gasteiger partial charge is 0.348 e. The molecule has 3 nitrogen and oxygen atoms in total. The number of anilines is 1. The number of Topliss-reactive ketones (excluding diaryl/α,β-unsaturated/α-hetero) is 1. The second kappa shape index (κ2) is 4.87. The zero-order chi connectivity index (χ0) is 13.3. The van der Waals surface area contributed by atoms with Crippen LogP contribution in [0.1, 0.15) is 29.4 Å². The maximum Gasteiger partial charge on any atom is 0.391 e. The van der Waals surface area contributed by atoms with Crippen molar-refractivity contribution in [3.63, 3.8) is 0 Å². The van der Waals surface area contributed by atoms with Crippen molar-refractivity contribution >= 4 is 22.3 Å². The highest BCUT2D eigenvalue weighted by atomic mass is 32.1. The molecule has 0 aliphatic carbocycles. The molecular formula is C11H13F3N2OS. The van der Waals surface area contributed by atoms with Crippen LogP contribution in [0.2, 0.25) is 0 Å². The van der Waals surface area contributed by atoms with Crippen LogP contribution in [0.4, 0.5) is 18.3 Å². The van der Waals surface area contributed by atoms with E-state index >= 15 is 0 Å². The molecule has 100 valence electrons. The molecule has 1 saturated heterocycles. The Balaban J connectivity index is 1.99. The predicted molar refractivity (Wildman–Crippen MR) is 63.1 cm³/mol. The summed E-state index contributed by atoms with van der Waals surface area (Å²) in [5, 5.41) is 0.640. The lowest BCUT2D eigenvalue weighted by Crippen LogP contribution is -2.38. The first-order valence-corrected chi connectivity index (χ1v) is 6.48. The van der Waals surface area contributed by atoms with E-state index in [1.165, 1.54) is 24.5 Å². The fourth-order valence-corrected chi connectivity index (χ4v) is 2.83. The minimum atomic E-state index is -4.10. The summed E-state index contributed by atoms with van der Waals surface area (Å²) in [6, 6.07) is 0. The number of thiazole rings is 1. The highest BCUT2D eigenvalue weighted by Crippen LogP contribution is 2.36. The zero-order valence-corrected chi connectivity index (χ0v) is 10.6. The van der Waals surface area contributed by atoms with E-state index in [4.69, 9.17) is 0 Å². The summed E-state index contributed by atoms with van der Waals surface area (Å²) in [5.41, 5.74) is 0. The summed E-state index contributed by atoms with van der Waals surface area (Å²) in [6.45, 7) is 2.14. The van der Waals surface area contributed by atoms with Crippen LogP contribution in [0, 0.1) is 5.92 Å². The first kappa shape index (κ1) is 13.3. The molecule has 2 rings (SSSR count). The molecule has 2 heterocycles. The van der Waals surface area contributed by atoms with Crippen LogP contribution in [-0.4, -0.2) is 30.0 Å². The first-order chi connectivity index (χ1) is 8.38.